The van der Waals surface area contributed by atoms with Crippen molar-refractivity contribution in [2.24, 2.45) is 5.73 Å². The van der Waals surface area contributed by atoms with E-state index in [0.717, 1.165) is 5.56 Å². The number of fused-ring (bicyclic) bond motifs is 1. The van der Waals surface area contributed by atoms with Gasteiger partial charge in [0, 0.05) is 21.2 Å². The van der Waals surface area contributed by atoms with E-state index in [4.69, 9.17) is 43.1 Å². The maximum absolute atomic E-state index is 9.86. The Kier molecular flexibility index (Phi) is 5.68. The van der Waals surface area contributed by atoms with Gasteiger partial charge in [-0.1, -0.05) is 29.3 Å². The van der Waals surface area contributed by atoms with E-state index in [1.54, 1.807) is 25.3 Å². The number of aromatic nitrogens is 2. The maximum Gasteiger partial charge on any atom is 0.244 e. The summed E-state index contributed by atoms with van der Waals surface area (Å²) in [4.78, 5) is 0. The van der Waals surface area contributed by atoms with E-state index in [1.165, 1.54) is 0 Å². The van der Waals surface area contributed by atoms with Crippen LogP contribution in [-0.2, 0) is 0 Å². The first-order chi connectivity index (χ1) is 15.0. The molecule has 1 aromatic heterocycles. The Hall–Kier alpha value is -3.34. The number of rotatable bonds is 5. The molecule has 0 radical (unpaired) electrons. The summed E-state index contributed by atoms with van der Waals surface area (Å²) in [5.41, 5.74) is 8.77. The minimum absolute atomic E-state index is 0.0432. The van der Waals surface area contributed by atoms with Gasteiger partial charge in [0.25, 0.3) is 0 Å². The quantitative estimate of drug-likeness (QED) is 0.558. The molecule has 0 aliphatic carbocycles. The van der Waals surface area contributed by atoms with Crippen molar-refractivity contribution in [1.29, 1.82) is 5.26 Å². The SMILES string of the molecule is CCOc1ccc(-c2[nH]nc3c2[C@H](c2c(Cl)cccc2Cl)C(C#N)=C(N)O3)cc1OC. The van der Waals surface area contributed by atoms with E-state index in [2.05, 4.69) is 16.3 Å². The summed E-state index contributed by atoms with van der Waals surface area (Å²) in [5, 5.41) is 17.9. The number of benzene rings is 2. The second kappa shape index (κ2) is 8.42. The topological polar surface area (TPSA) is 106 Å². The van der Waals surface area contributed by atoms with Gasteiger partial charge in [-0.2, -0.15) is 5.26 Å². The molecule has 1 aliphatic rings. The van der Waals surface area contributed by atoms with Crippen LogP contribution in [0.1, 0.15) is 24.0 Å². The maximum atomic E-state index is 9.86. The molecule has 0 saturated carbocycles. The Morgan fingerprint density at radius 3 is 2.58 bits per heavy atom. The summed E-state index contributed by atoms with van der Waals surface area (Å²) in [6, 6.07) is 12.8. The smallest absolute Gasteiger partial charge is 0.244 e. The van der Waals surface area contributed by atoms with E-state index >= 15 is 0 Å². The van der Waals surface area contributed by atoms with Crippen LogP contribution in [0.15, 0.2) is 47.9 Å². The molecule has 3 aromatic rings. The lowest BCUT2D eigenvalue weighted by atomic mass is 9.83. The van der Waals surface area contributed by atoms with Gasteiger partial charge in [-0.15, -0.1) is 5.10 Å². The lowest BCUT2D eigenvalue weighted by Crippen LogP contribution is -2.21. The molecule has 0 saturated heterocycles. The fourth-order valence-corrected chi connectivity index (χ4v) is 4.25. The van der Waals surface area contributed by atoms with Crippen molar-refractivity contribution >= 4 is 23.2 Å². The number of methoxy groups -OCH3 is 1. The Bertz CT molecular complexity index is 1210. The highest BCUT2D eigenvalue weighted by Gasteiger charge is 2.37. The van der Waals surface area contributed by atoms with Crippen molar-refractivity contribution in [2.75, 3.05) is 13.7 Å². The number of nitrogens with one attached hydrogen (secondary N) is 1. The van der Waals surface area contributed by atoms with Crippen molar-refractivity contribution in [2.45, 2.75) is 12.8 Å². The molecule has 1 aliphatic heterocycles. The Morgan fingerprint density at radius 1 is 1.19 bits per heavy atom. The number of aromatic amines is 1. The Morgan fingerprint density at radius 2 is 1.94 bits per heavy atom. The third kappa shape index (κ3) is 3.54. The first-order valence-electron chi connectivity index (χ1n) is 9.41. The van der Waals surface area contributed by atoms with E-state index in [0.29, 0.717) is 45.0 Å². The van der Waals surface area contributed by atoms with Crippen LogP contribution in [-0.4, -0.2) is 23.9 Å². The second-order valence-electron chi connectivity index (χ2n) is 6.68. The first kappa shape index (κ1) is 20.9. The lowest BCUT2D eigenvalue weighted by molar-refractivity contribution is 0.311. The van der Waals surface area contributed by atoms with E-state index < -0.39 is 5.92 Å². The minimum Gasteiger partial charge on any atom is -0.493 e. The van der Waals surface area contributed by atoms with E-state index in [9.17, 15) is 5.26 Å². The van der Waals surface area contributed by atoms with Crippen LogP contribution in [0.4, 0.5) is 0 Å². The van der Waals surface area contributed by atoms with Gasteiger partial charge in [-0.05, 0) is 37.3 Å². The van der Waals surface area contributed by atoms with Crippen LogP contribution in [0.5, 0.6) is 17.4 Å². The molecule has 0 spiro atoms. The molecule has 0 unspecified atom stereocenters. The first-order valence-corrected chi connectivity index (χ1v) is 10.2. The molecule has 0 bridgehead atoms. The molecule has 1 atom stereocenters. The van der Waals surface area contributed by atoms with Gasteiger partial charge in [0.1, 0.15) is 11.6 Å². The van der Waals surface area contributed by atoms with Gasteiger partial charge in [0.2, 0.25) is 11.8 Å². The van der Waals surface area contributed by atoms with Crippen molar-refractivity contribution < 1.29 is 14.2 Å². The average Bonchev–Trinajstić information content (AvgIpc) is 3.17. The molecule has 2 heterocycles. The van der Waals surface area contributed by atoms with Crippen LogP contribution >= 0.6 is 23.2 Å². The van der Waals surface area contributed by atoms with Crippen LogP contribution < -0.4 is 19.9 Å². The molecular formula is C22H18Cl2N4O3. The fourth-order valence-electron chi connectivity index (χ4n) is 3.64. The molecule has 9 heteroatoms. The number of halogens is 2. The van der Waals surface area contributed by atoms with Gasteiger partial charge < -0.3 is 19.9 Å². The highest BCUT2D eigenvalue weighted by molar-refractivity contribution is 6.36. The highest BCUT2D eigenvalue weighted by Crippen LogP contribution is 2.49. The van der Waals surface area contributed by atoms with Gasteiger partial charge >= 0.3 is 0 Å². The average molecular weight is 457 g/mol. The molecule has 0 amide bonds. The zero-order valence-electron chi connectivity index (χ0n) is 16.7. The number of hydrogen-bond donors (Lipinski definition) is 2. The van der Waals surface area contributed by atoms with Crippen molar-refractivity contribution in [3.63, 3.8) is 0 Å². The van der Waals surface area contributed by atoms with Gasteiger partial charge in [0.05, 0.1) is 30.9 Å². The van der Waals surface area contributed by atoms with Crippen LogP contribution in [0.25, 0.3) is 11.3 Å². The summed E-state index contributed by atoms with van der Waals surface area (Å²) in [6.07, 6.45) is 0. The molecular weight excluding hydrogens is 439 g/mol. The largest absolute Gasteiger partial charge is 0.493 e. The molecule has 2 aromatic carbocycles. The summed E-state index contributed by atoms with van der Waals surface area (Å²) in [5.74, 6) is 0.716. The van der Waals surface area contributed by atoms with Crippen LogP contribution in [0, 0.1) is 11.3 Å². The van der Waals surface area contributed by atoms with Gasteiger partial charge in [0.15, 0.2) is 11.5 Å². The third-order valence-corrected chi connectivity index (χ3v) is 5.64. The molecule has 31 heavy (non-hydrogen) atoms. The van der Waals surface area contributed by atoms with Crippen molar-refractivity contribution in [3.05, 3.63) is 69.0 Å². The second-order valence-corrected chi connectivity index (χ2v) is 7.49. The lowest BCUT2D eigenvalue weighted by Gasteiger charge is -2.25. The summed E-state index contributed by atoms with van der Waals surface area (Å²) in [6.45, 7) is 2.40. The zero-order valence-corrected chi connectivity index (χ0v) is 18.2. The van der Waals surface area contributed by atoms with E-state index in [1.807, 2.05) is 25.1 Å². The van der Waals surface area contributed by atoms with Crippen molar-refractivity contribution in [3.8, 4) is 34.7 Å². The monoisotopic (exact) mass is 456 g/mol. The van der Waals surface area contributed by atoms with Crippen LogP contribution in [0.3, 0.4) is 0 Å². The molecule has 7 nitrogen and oxygen atoms in total. The third-order valence-electron chi connectivity index (χ3n) is 4.98. The zero-order chi connectivity index (χ0) is 22.1. The standard InChI is InChI=1S/C22H18Cl2N4O3/c1-3-30-15-8-7-11(9-16(15)29-2)20-19-17(18-13(23)5-4-6-14(18)24)12(10-25)21(26)31-22(19)28-27-20/h4-9,17H,3,26H2,1-2H3,(H,27,28)/t17-/m0/s1. The Balaban J connectivity index is 1.95. The number of allylic oxidation sites excluding steroid dienone is 1. The number of nitrogens with two attached hydrogens (primary N) is 1. The fraction of sp³-hybridized carbons (Fsp3) is 0.182. The van der Waals surface area contributed by atoms with Gasteiger partial charge in [-0.3, -0.25) is 5.10 Å². The molecule has 4 rings (SSSR count). The predicted octanol–water partition coefficient (Wildman–Crippen LogP) is 5.01. The molecule has 158 valence electrons. The predicted molar refractivity (Wildman–Crippen MR) is 118 cm³/mol. The summed E-state index contributed by atoms with van der Waals surface area (Å²) >= 11 is 13.0. The summed E-state index contributed by atoms with van der Waals surface area (Å²) in [7, 11) is 1.57. The number of nitriles is 1. The number of nitrogens with zero attached hydrogens (tertiary/aromatic N) is 2. The number of hydrogen-bond acceptors (Lipinski definition) is 6. The minimum atomic E-state index is -0.665. The van der Waals surface area contributed by atoms with E-state index in [-0.39, 0.29) is 17.3 Å². The normalized spacial score (nSPS) is 15.1. The van der Waals surface area contributed by atoms with Crippen molar-refractivity contribution in [1.82, 2.24) is 10.2 Å². The summed E-state index contributed by atoms with van der Waals surface area (Å²) < 4.78 is 16.7. The molecule has 3 N–H and O–H groups in total. The number of ether oxygens (including phenoxy) is 3. The number of H-pyrrole nitrogens is 1. The molecule has 0 fully saturated rings. The van der Waals surface area contributed by atoms with Gasteiger partial charge in [-0.25, -0.2) is 0 Å². The van der Waals surface area contributed by atoms with Crippen LogP contribution in [0.2, 0.25) is 10.0 Å². The Labute approximate surface area is 188 Å². The highest BCUT2D eigenvalue weighted by atomic mass is 35.5.